The highest BCUT2D eigenvalue weighted by Gasteiger charge is 2.47. The quantitative estimate of drug-likeness (QED) is 0.319. The minimum absolute atomic E-state index is 0.0671. The third-order valence-corrected chi connectivity index (χ3v) is 6.38. The summed E-state index contributed by atoms with van der Waals surface area (Å²) in [5.74, 6) is -2.60. The van der Waals surface area contributed by atoms with Gasteiger partial charge in [-0.3, -0.25) is 9.59 Å². The first-order valence-electron chi connectivity index (χ1n) is 11.6. The van der Waals surface area contributed by atoms with Crippen molar-refractivity contribution in [3.63, 3.8) is 0 Å². The number of nitrogens with one attached hydrogen (secondary N) is 1. The Labute approximate surface area is 205 Å². The molecular formula is C26H33NO8. The van der Waals surface area contributed by atoms with Gasteiger partial charge in [0.2, 0.25) is 0 Å². The number of ether oxygens (including phenoxy) is 5. The molecule has 0 fully saturated rings. The van der Waals surface area contributed by atoms with Crippen molar-refractivity contribution < 1.29 is 38.1 Å². The molecule has 0 saturated carbocycles. The number of benzene rings is 1. The normalized spacial score (nSPS) is 21.8. The molecule has 9 nitrogen and oxygen atoms in total. The van der Waals surface area contributed by atoms with Crippen LogP contribution in [0.4, 0.5) is 0 Å². The number of hydrogen-bond donors (Lipinski definition) is 1. The van der Waals surface area contributed by atoms with Crippen LogP contribution < -0.4 is 14.8 Å². The summed E-state index contributed by atoms with van der Waals surface area (Å²) < 4.78 is 26.7. The van der Waals surface area contributed by atoms with E-state index in [1.165, 1.54) is 21.3 Å². The summed E-state index contributed by atoms with van der Waals surface area (Å²) in [6.07, 6.45) is 0.444. The zero-order valence-electron chi connectivity index (χ0n) is 21.1. The molecule has 1 N–H and O–H groups in total. The lowest BCUT2D eigenvalue weighted by Gasteiger charge is -2.38. The van der Waals surface area contributed by atoms with Crippen molar-refractivity contribution in [3.8, 4) is 11.5 Å². The van der Waals surface area contributed by atoms with E-state index in [4.69, 9.17) is 23.7 Å². The minimum atomic E-state index is -0.971. The first-order chi connectivity index (χ1) is 16.8. The van der Waals surface area contributed by atoms with Gasteiger partial charge in [0.15, 0.2) is 5.78 Å². The molecule has 0 radical (unpaired) electrons. The lowest BCUT2D eigenvalue weighted by atomic mass is 9.69. The van der Waals surface area contributed by atoms with E-state index in [0.29, 0.717) is 47.1 Å². The predicted octanol–water partition coefficient (Wildman–Crippen LogP) is 2.90. The molecule has 0 aromatic heterocycles. The van der Waals surface area contributed by atoms with Gasteiger partial charge in [0.1, 0.15) is 24.0 Å². The monoisotopic (exact) mass is 487 g/mol. The molecule has 1 aromatic carbocycles. The molecule has 2 aliphatic rings. The third kappa shape index (κ3) is 5.19. The van der Waals surface area contributed by atoms with Gasteiger partial charge in [0.25, 0.3) is 0 Å². The molecule has 1 aliphatic heterocycles. The largest absolute Gasteiger partial charge is 0.497 e. The average molecular weight is 488 g/mol. The lowest BCUT2D eigenvalue weighted by molar-refractivity contribution is -0.151. The van der Waals surface area contributed by atoms with E-state index in [0.717, 1.165) is 0 Å². The molecule has 1 aliphatic carbocycles. The van der Waals surface area contributed by atoms with Crippen molar-refractivity contribution in [2.75, 3.05) is 41.2 Å². The summed E-state index contributed by atoms with van der Waals surface area (Å²) in [6.45, 7) is 6.29. The molecule has 0 saturated heterocycles. The van der Waals surface area contributed by atoms with Crippen molar-refractivity contribution >= 4 is 17.7 Å². The highest BCUT2D eigenvalue weighted by molar-refractivity contribution is 6.12. The Bertz CT molecular complexity index is 1060. The summed E-state index contributed by atoms with van der Waals surface area (Å²) in [7, 11) is 4.31. The fraction of sp³-hybridized carbons (Fsp3) is 0.500. The number of esters is 2. The van der Waals surface area contributed by atoms with E-state index in [9.17, 15) is 14.4 Å². The predicted molar refractivity (Wildman–Crippen MR) is 127 cm³/mol. The van der Waals surface area contributed by atoms with Crippen molar-refractivity contribution in [1.82, 2.24) is 5.32 Å². The number of carbonyl (C=O) groups is 3. The fourth-order valence-electron chi connectivity index (χ4n) is 4.73. The van der Waals surface area contributed by atoms with Crippen LogP contribution in [0.25, 0.3) is 0 Å². The van der Waals surface area contributed by atoms with E-state index >= 15 is 0 Å². The summed E-state index contributed by atoms with van der Waals surface area (Å²) in [4.78, 5) is 39.7. The second-order valence-electron chi connectivity index (χ2n) is 8.48. The second-order valence-corrected chi connectivity index (χ2v) is 8.48. The Balaban J connectivity index is 2.15. The molecule has 0 unspecified atom stereocenters. The van der Waals surface area contributed by atoms with Gasteiger partial charge in [-0.25, -0.2) is 4.79 Å². The van der Waals surface area contributed by atoms with Crippen molar-refractivity contribution in [2.24, 2.45) is 11.8 Å². The fourth-order valence-corrected chi connectivity index (χ4v) is 4.73. The Kier molecular flexibility index (Phi) is 8.56. The summed E-state index contributed by atoms with van der Waals surface area (Å²) in [6, 6.07) is 5.19. The molecule has 190 valence electrons. The third-order valence-electron chi connectivity index (χ3n) is 6.38. The molecule has 0 bridgehead atoms. The number of hydrogen-bond acceptors (Lipinski definition) is 9. The molecule has 3 atom stereocenters. The number of allylic oxidation sites excluding steroid dienone is 3. The van der Waals surface area contributed by atoms with Crippen LogP contribution in [0.1, 0.15) is 38.7 Å². The van der Waals surface area contributed by atoms with Crippen LogP contribution in [0.3, 0.4) is 0 Å². The van der Waals surface area contributed by atoms with Crippen LogP contribution in [-0.2, 0) is 28.6 Å². The number of ketones is 1. The van der Waals surface area contributed by atoms with Crippen molar-refractivity contribution in [1.29, 1.82) is 0 Å². The minimum Gasteiger partial charge on any atom is -0.497 e. The summed E-state index contributed by atoms with van der Waals surface area (Å²) >= 11 is 0. The van der Waals surface area contributed by atoms with E-state index < -0.39 is 23.8 Å². The summed E-state index contributed by atoms with van der Waals surface area (Å²) in [5.41, 5.74) is 2.45. The first-order valence-corrected chi connectivity index (χ1v) is 11.6. The van der Waals surface area contributed by atoms with Crippen LogP contribution in [0, 0.1) is 11.8 Å². The molecule has 1 aromatic rings. The topological polar surface area (TPSA) is 109 Å². The van der Waals surface area contributed by atoms with Crippen LogP contribution >= 0.6 is 0 Å². The molecule has 9 heteroatoms. The van der Waals surface area contributed by atoms with E-state index in [2.05, 4.69) is 5.32 Å². The number of rotatable bonds is 9. The second kappa shape index (κ2) is 11.4. The zero-order valence-corrected chi connectivity index (χ0v) is 21.1. The Hall–Kier alpha value is -3.33. The lowest BCUT2D eigenvalue weighted by Crippen LogP contribution is -2.43. The molecule has 0 amide bonds. The number of methoxy groups -OCH3 is 3. The molecule has 35 heavy (non-hydrogen) atoms. The average Bonchev–Trinajstić information content (AvgIpc) is 2.84. The standard InChI is InChI=1S/C26H33NO8/c1-7-34-10-11-35-26(30)21-15(3)27-18-12-14(2)20(25(29)33-6)24(28)23(18)22(21)17-9-8-16(31-4)13-19(17)32-5/h8-9,13-14,20,22,27H,7,10-12H2,1-6H3/t14-,20-,22-/m1/s1. The maximum atomic E-state index is 13.8. The highest BCUT2D eigenvalue weighted by Crippen LogP contribution is 2.48. The van der Waals surface area contributed by atoms with Crippen LogP contribution in [0.2, 0.25) is 0 Å². The van der Waals surface area contributed by atoms with Gasteiger partial charge in [-0.2, -0.15) is 0 Å². The van der Waals surface area contributed by atoms with Gasteiger partial charge in [-0.15, -0.1) is 0 Å². The van der Waals surface area contributed by atoms with E-state index in [-0.39, 0.29) is 30.5 Å². The molecule has 3 rings (SSSR count). The molecular weight excluding hydrogens is 454 g/mol. The van der Waals surface area contributed by atoms with Gasteiger partial charge in [0.05, 0.1) is 39.4 Å². The maximum absolute atomic E-state index is 13.8. The smallest absolute Gasteiger partial charge is 0.336 e. The number of Topliss-reactive ketones (excluding diaryl/α,β-unsaturated/α-hetero) is 1. The van der Waals surface area contributed by atoms with E-state index in [1.807, 2.05) is 13.8 Å². The summed E-state index contributed by atoms with van der Waals surface area (Å²) in [5, 5.41) is 3.24. The van der Waals surface area contributed by atoms with Gasteiger partial charge in [-0.05, 0) is 32.3 Å². The van der Waals surface area contributed by atoms with Gasteiger partial charge in [-0.1, -0.05) is 13.0 Å². The number of carbonyl (C=O) groups excluding carboxylic acids is 3. The van der Waals surface area contributed by atoms with Crippen molar-refractivity contribution in [2.45, 2.75) is 33.1 Å². The zero-order chi connectivity index (χ0) is 25.7. The highest BCUT2D eigenvalue weighted by atomic mass is 16.6. The Morgan fingerprint density at radius 2 is 1.86 bits per heavy atom. The maximum Gasteiger partial charge on any atom is 0.336 e. The Morgan fingerprint density at radius 1 is 1.11 bits per heavy atom. The van der Waals surface area contributed by atoms with Gasteiger partial charge < -0.3 is 29.0 Å². The Morgan fingerprint density at radius 3 is 2.49 bits per heavy atom. The van der Waals surface area contributed by atoms with Crippen molar-refractivity contribution in [3.05, 3.63) is 46.3 Å². The molecule has 0 spiro atoms. The van der Waals surface area contributed by atoms with Gasteiger partial charge in [0, 0.05) is 35.2 Å². The SMILES string of the molecule is CCOCCOC(=O)C1=C(C)NC2=C(C(=O)[C@H](C(=O)OC)[C@H](C)C2)[C@@H]1c1ccc(OC)cc1OC. The van der Waals surface area contributed by atoms with E-state index in [1.54, 1.807) is 25.1 Å². The first kappa shape index (κ1) is 26.3. The molecule has 1 heterocycles. The van der Waals surface area contributed by atoms with Gasteiger partial charge >= 0.3 is 11.9 Å². The van der Waals surface area contributed by atoms with Crippen LogP contribution in [0.5, 0.6) is 11.5 Å². The van der Waals surface area contributed by atoms with Crippen LogP contribution in [0.15, 0.2) is 40.7 Å². The number of dihydropyridines is 1. The van der Waals surface area contributed by atoms with Crippen LogP contribution in [-0.4, -0.2) is 58.9 Å².